The van der Waals surface area contributed by atoms with Gasteiger partial charge in [-0.15, -0.1) is 0 Å². The van der Waals surface area contributed by atoms with Gasteiger partial charge in [0.25, 0.3) is 11.5 Å². The molecule has 1 aliphatic carbocycles. The van der Waals surface area contributed by atoms with E-state index < -0.39 is 5.91 Å². The van der Waals surface area contributed by atoms with Crippen LogP contribution in [0.5, 0.6) is 0 Å². The third kappa shape index (κ3) is 2.49. The van der Waals surface area contributed by atoms with Crippen LogP contribution in [0.25, 0.3) is 10.8 Å². The maximum absolute atomic E-state index is 12.2. The monoisotopic (exact) mass is 286 g/mol. The molecule has 21 heavy (non-hydrogen) atoms. The maximum Gasteiger partial charge on any atom is 0.290 e. The number of nitrogens with one attached hydrogen (secondary N) is 2. The number of hydrogen-bond donors (Lipinski definition) is 2. The van der Waals surface area contributed by atoms with Crippen LogP contribution in [0.3, 0.4) is 0 Å². The first-order chi connectivity index (χ1) is 10.1. The Hall–Kier alpha value is -2.70. The Morgan fingerprint density at radius 2 is 1.86 bits per heavy atom. The number of hydrazine groups is 1. The summed E-state index contributed by atoms with van der Waals surface area (Å²) in [6, 6.07) is 6.74. The zero-order valence-electron chi connectivity index (χ0n) is 11.4. The number of fused-ring (bicyclic) bond motifs is 1. The first-order valence-electron chi connectivity index (χ1n) is 6.64. The zero-order chi connectivity index (χ0) is 15.0. The normalized spacial score (nSPS) is 14.0. The van der Waals surface area contributed by atoms with Gasteiger partial charge in [0, 0.05) is 18.4 Å². The molecule has 1 heterocycles. The summed E-state index contributed by atoms with van der Waals surface area (Å²) in [5.41, 5.74) is 4.55. The van der Waals surface area contributed by atoms with Crippen molar-refractivity contribution in [3.05, 3.63) is 40.3 Å². The van der Waals surface area contributed by atoms with E-state index in [9.17, 15) is 14.4 Å². The predicted octanol–water partition coefficient (Wildman–Crippen LogP) is 0.104. The first-order valence-corrected chi connectivity index (χ1v) is 6.64. The minimum Gasteiger partial charge on any atom is -0.273 e. The van der Waals surface area contributed by atoms with Gasteiger partial charge in [-0.1, -0.05) is 18.2 Å². The molecule has 0 atom stereocenters. The van der Waals surface area contributed by atoms with Crippen molar-refractivity contribution in [1.29, 1.82) is 0 Å². The fourth-order valence-electron chi connectivity index (χ4n) is 2.09. The van der Waals surface area contributed by atoms with Crippen molar-refractivity contribution in [3.8, 4) is 0 Å². The number of rotatable bonds is 2. The van der Waals surface area contributed by atoms with Crippen molar-refractivity contribution < 1.29 is 9.59 Å². The molecule has 1 aliphatic rings. The third-order valence-corrected chi connectivity index (χ3v) is 3.42. The molecule has 0 saturated heterocycles. The lowest BCUT2D eigenvalue weighted by Crippen LogP contribution is -2.43. The number of carbonyl (C=O) groups excluding carboxylic acids is 2. The lowest BCUT2D eigenvalue weighted by Gasteiger charge is -2.09. The number of aryl methyl sites for hydroxylation is 1. The van der Waals surface area contributed by atoms with Gasteiger partial charge in [0.1, 0.15) is 0 Å². The quantitative estimate of drug-likeness (QED) is 0.766. The number of amides is 2. The molecule has 2 aromatic rings. The van der Waals surface area contributed by atoms with Gasteiger partial charge in [0.05, 0.1) is 5.39 Å². The molecule has 0 spiro atoms. The van der Waals surface area contributed by atoms with Crippen LogP contribution in [0.2, 0.25) is 0 Å². The van der Waals surface area contributed by atoms with E-state index in [0.29, 0.717) is 10.8 Å². The van der Waals surface area contributed by atoms with E-state index in [1.54, 1.807) is 24.3 Å². The molecule has 7 heteroatoms. The molecule has 2 amide bonds. The van der Waals surface area contributed by atoms with Crippen LogP contribution in [0.4, 0.5) is 0 Å². The minimum atomic E-state index is -0.546. The van der Waals surface area contributed by atoms with Crippen LogP contribution < -0.4 is 16.4 Å². The van der Waals surface area contributed by atoms with E-state index in [-0.39, 0.29) is 23.1 Å². The van der Waals surface area contributed by atoms with Gasteiger partial charge in [-0.25, -0.2) is 4.68 Å². The number of aromatic nitrogens is 2. The van der Waals surface area contributed by atoms with Crippen LogP contribution in [0.1, 0.15) is 23.3 Å². The Morgan fingerprint density at radius 3 is 2.52 bits per heavy atom. The van der Waals surface area contributed by atoms with Crippen LogP contribution in [0, 0.1) is 5.92 Å². The number of nitrogens with zero attached hydrogens (tertiary/aromatic N) is 2. The average Bonchev–Trinajstić information content (AvgIpc) is 3.33. The van der Waals surface area contributed by atoms with E-state index in [4.69, 9.17) is 0 Å². The van der Waals surface area contributed by atoms with Crippen LogP contribution in [0.15, 0.2) is 29.1 Å². The second-order valence-corrected chi connectivity index (χ2v) is 5.04. The molecule has 7 nitrogen and oxygen atoms in total. The highest BCUT2D eigenvalue weighted by Gasteiger charge is 2.30. The van der Waals surface area contributed by atoms with Gasteiger partial charge in [-0.05, 0) is 18.9 Å². The predicted molar refractivity (Wildman–Crippen MR) is 75.3 cm³/mol. The number of benzene rings is 1. The number of carbonyl (C=O) groups is 2. The molecule has 3 rings (SSSR count). The van der Waals surface area contributed by atoms with Crippen LogP contribution in [-0.4, -0.2) is 21.6 Å². The smallest absolute Gasteiger partial charge is 0.273 e. The number of hydrogen-bond acceptors (Lipinski definition) is 4. The molecular weight excluding hydrogens is 272 g/mol. The fourth-order valence-corrected chi connectivity index (χ4v) is 2.09. The van der Waals surface area contributed by atoms with Gasteiger partial charge < -0.3 is 0 Å². The highest BCUT2D eigenvalue weighted by Crippen LogP contribution is 2.28. The van der Waals surface area contributed by atoms with Gasteiger partial charge in [-0.2, -0.15) is 5.10 Å². The lowest BCUT2D eigenvalue weighted by molar-refractivity contribution is -0.123. The van der Waals surface area contributed by atoms with Gasteiger partial charge in [0.2, 0.25) is 5.91 Å². The summed E-state index contributed by atoms with van der Waals surface area (Å²) < 4.78 is 1.11. The van der Waals surface area contributed by atoms with E-state index >= 15 is 0 Å². The lowest BCUT2D eigenvalue weighted by atomic mass is 10.1. The SMILES string of the molecule is Cn1nc(C(=O)NNC(=O)C2CC2)c2ccccc2c1=O. The Bertz CT molecular complexity index is 792. The fraction of sp³-hybridized carbons (Fsp3) is 0.286. The molecule has 0 radical (unpaired) electrons. The Kier molecular flexibility index (Phi) is 3.17. The van der Waals surface area contributed by atoms with Crippen LogP contribution in [-0.2, 0) is 11.8 Å². The standard InChI is InChI=1S/C14H14N4O3/c1-18-14(21)10-5-3-2-4-9(10)11(17-18)13(20)16-15-12(19)8-6-7-8/h2-5,8H,6-7H2,1H3,(H,15,19)(H,16,20). The van der Waals surface area contributed by atoms with Crippen molar-refractivity contribution in [3.63, 3.8) is 0 Å². The highest BCUT2D eigenvalue weighted by molar-refractivity contribution is 6.05. The summed E-state index contributed by atoms with van der Waals surface area (Å²) in [6.07, 6.45) is 1.70. The van der Waals surface area contributed by atoms with Crippen molar-refractivity contribution in [1.82, 2.24) is 20.6 Å². The molecule has 1 aromatic carbocycles. The minimum absolute atomic E-state index is 0.00451. The van der Waals surface area contributed by atoms with Crippen molar-refractivity contribution in [2.24, 2.45) is 13.0 Å². The van der Waals surface area contributed by atoms with Crippen molar-refractivity contribution in [2.75, 3.05) is 0 Å². The maximum atomic E-state index is 12.2. The van der Waals surface area contributed by atoms with Crippen LogP contribution >= 0.6 is 0 Å². The van der Waals surface area contributed by atoms with Crippen molar-refractivity contribution >= 4 is 22.6 Å². The second kappa shape index (κ2) is 5.01. The summed E-state index contributed by atoms with van der Waals surface area (Å²) in [5, 5.41) is 4.85. The highest BCUT2D eigenvalue weighted by atomic mass is 16.2. The summed E-state index contributed by atoms with van der Waals surface area (Å²) in [5.74, 6) is -0.747. The second-order valence-electron chi connectivity index (χ2n) is 5.04. The van der Waals surface area contributed by atoms with E-state index in [2.05, 4.69) is 16.0 Å². The molecule has 2 N–H and O–H groups in total. The van der Waals surface area contributed by atoms with Gasteiger partial charge in [0.15, 0.2) is 5.69 Å². The summed E-state index contributed by atoms with van der Waals surface area (Å²) in [7, 11) is 1.48. The van der Waals surface area contributed by atoms with E-state index in [1.807, 2.05) is 0 Å². The molecule has 108 valence electrons. The Labute approximate surface area is 119 Å². The average molecular weight is 286 g/mol. The topological polar surface area (TPSA) is 93.1 Å². The summed E-state index contributed by atoms with van der Waals surface area (Å²) >= 11 is 0. The molecule has 0 bridgehead atoms. The van der Waals surface area contributed by atoms with Gasteiger partial charge in [-0.3, -0.25) is 25.2 Å². The largest absolute Gasteiger partial charge is 0.290 e. The zero-order valence-corrected chi connectivity index (χ0v) is 11.4. The molecule has 0 unspecified atom stereocenters. The van der Waals surface area contributed by atoms with Crippen molar-refractivity contribution in [2.45, 2.75) is 12.8 Å². The Balaban J connectivity index is 1.92. The molecule has 1 saturated carbocycles. The molecular formula is C14H14N4O3. The first kappa shape index (κ1) is 13.3. The molecule has 1 fully saturated rings. The summed E-state index contributed by atoms with van der Waals surface area (Å²) in [4.78, 5) is 35.7. The van der Waals surface area contributed by atoms with E-state index in [1.165, 1.54) is 7.05 Å². The third-order valence-electron chi connectivity index (χ3n) is 3.42. The molecule has 1 aromatic heterocycles. The summed E-state index contributed by atoms with van der Waals surface area (Å²) in [6.45, 7) is 0. The Morgan fingerprint density at radius 1 is 1.19 bits per heavy atom. The van der Waals surface area contributed by atoms with E-state index in [0.717, 1.165) is 17.5 Å². The molecule has 0 aliphatic heterocycles. The van der Waals surface area contributed by atoms with Gasteiger partial charge >= 0.3 is 0 Å².